The van der Waals surface area contributed by atoms with Crippen molar-refractivity contribution in [3.8, 4) is 0 Å². The van der Waals surface area contributed by atoms with E-state index in [2.05, 4.69) is 26.2 Å². The summed E-state index contributed by atoms with van der Waals surface area (Å²) in [6, 6.07) is 11.6. The first kappa shape index (κ1) is 16.6. The Morgan fingerprint density at radius 3 is 2.88 bits per heavy atom. The molecule has 2 amide bonds. The van der Waals surface area contributed by atoms with Crippen LogP contribution in [0.4, 0.5) is 0 Å². The molecule has 1 N–H and O–H groups in total. The van der Waals surface area contributed by atoms with Gasteiger partial charge in [0.05, 0.1) is 5.92 Å². The van der Waals surface area contributed by atoms with Crippen LogP contribution in [0.5, 0.6) is 0 Å². The molecule has 2 aromatic rings. The summed E-state index contributed by atoms with van der Waals surface area (Å²) in [6.07, 6.45) is 3.69. The fraction of sp³-hybridized carbons (Fsp3) is 0.278. The molecule has 24 heavy (non-hydrogen) atoms. The van der Waals surface area contributed by atoms with Gasteiger partial charge >= 0.3 is 0 Å². The molecule has 1 atom stereocenters. The van der Waals surface area contributed by atoms with Gasteiger partial charge in [0.2, 0.25) is 11.8 Å². The molecule has 0 unspecified atom stereocenters. The number of hydrogen-bond donors (Lipinski definition) is 1. The third-order valence-electron chi connectivity index (χ3n) is 4.04. The fourth-order valence-corrected chi connectivity index (χ4v) is 3.24. The highest BCUT2D eigenvalue weighted by atomic mass is 79.9. The Kier molecular flexibility index (Phi) is 5.25. The van der Waals surface area contributed by atoms with Crippen molar-refractivity contribution in [2.24, 2.45) is 5.92 Å². The van der Waals surface area contributed by atoms with E-state index in [1.54, 1.807) is 17.3 Å². The van der Waals surface area contributed by atoms with Crippen LogP contribution >= 0.6 is 15.9 Å². The minimum Gasteiger partial charge on any atom is -0.352 e. The first-order valence-corrected chi connectivity index (χ1v) is 8.60. The van der Waals surface area contributed by atoms with Crippen LogP contribution in [0.1, 0.15) is 17.5 Å². The van der Waals surface area contributed by atoms with E-state index in [0.29, 0.717) is 19.6 Å². The second kappa shape index (κ2) is 7.57. The first-order valence-electron chi connectivity index (χ1n) is 7.80. The molecular formula is C18H18BrN3O2. The maximum Gasteiger partial charge on any atom is 0.225 e. The molecule has 2 heterocycles. The molecule has 1 saturated heterocycles. The van der Waals surface area contributed by atoms with E-state index in [9.17, 15) is 9.59 Å². The number of hydrogen-bond acceptors (Lipinski definition) is 3. The number of aromatic nitrogens is 1. The summed E-state index contributed by atoms with van der Waals surface area (Å²) >= 11 is 3.43. The zero-order chi connectivity index (χ0) is 16.9. The molecule has 1 fully saturated rings. The molecule has 0 spiro atoms. The standard InChI is InChI=1S/C18H18BrN3O2/c19-16-5-1-3-13(7-16)11-22-12-15(8-17(22)23)18(24)21-10-14-4-2-6-20-9-14/h1-7,9,15H,8,10-12H2,(H,21,24)/t15-/m1/s1. The van der Waals surface area contributed by atoms with E-state index in [0.717, 1.165) is 15.6 Å². The second-order valence-corrected chi connectivity index (χ2v) is 6.80. The van der Waals surface area contributed by atoms with E-state index in [4.69, 9.17) is 0 Å². The number of carbonyl (C=O) groups excluding carboxylic acids is 2. The molecule has 1 aromatic heterocycles. The number of benzene rings is 1. The molecular weight excluding hydrogens is 370 g/mol. The van der Waals surface area contributed by atoms with Crippen molar-refractivity contribution in [3.05, 3.63) is 64.4 Å². The van der Waals surface area contributed by atoms with Crippen molar-refractivity contribution in [2.45, 2.75) is 19.5 Å². The van der Waals surface area contributed by atoms with Crippen LogP contribution in [-0.4, -0.2) is 28.2 Å². The molecule has 124 valence electrons. The minimum atomic E-state index is -0.290. The Bertz CT molecular complexity index is 736. The number of nitrogens with one attached hydrogen (secondary N) is 1. The summed E-state index contributed by atoms with van der Waals surface area (Å²) in [5, 5.41) is 2.89. The zero-order valence-electron chi connectivity index (χ0n) is 13.1. The molecule has 0 aliphatic carbocycles. The summed E-state index contributed by atoms with van der Waals surface area (Å²) in [4.78, 5) is 30.2. The molecule has 0 bridgehead atoms. The third kappa shape index (κ3) is 4.20. The van der Waals surface area contributed by atoms with E-state index in [1.165, 1.54) is 0 Å². The molecule has 1 aromatic carbocycles. The van der Waals surface area contributed by atoms with Gasteiger partial charge in [0.1, 0.15) is 0 Å². The number of pyridine rings is 1. The Morgan fingerprint density at radius 2 is 2.12 bits per heavy atom. The molecule has 3 rings (SSSR count). The quantitative estimate of drug-likeness (QED) is 0.856. The van der Waals surface area contributed by atoms with Gasteiger partial charge in [0.15, 0.2) is 0 Å². The third-order valence-corrected chi connectivity index (χ3v) is 4.53. The second-order valence-electron chi connectivity index (χ2n) is 5.88. The lowest BCUT2D eigenvalue weighted by molar-refractivity contribution is -0.129. The highest BCUT2D eigenvalue weighted by Gasteiger charge is 2.34. The predicted molar refractivity (Wildman–Crippen MR) is 93.7 cm³/mol. The topological polar surface area (TPSA) is 62.3 Å². The summed E-state index contributed by atoms with van der Waals surface area (Å²) in [5.74, 6) is -0.346. The van der Waals surface area contributed by atoms with Gasteiger partial charge < -0.3 is 10.2 Å². The Hall–Kier alpha value is -2.21. The SMILES string of the molecule is O=C(NCc1cccnc1)[C@@H]1CC(=O)N(Cc2cccc(Br)c2)C1. The van der Waals surface area contributed by atoms with Crippen molar-refractivity contribution in [1.29, 1.82) is 0 Å². The van der Waals surface area contributed by atoms with Gasteiger partial charge in [-0.2, -0.15) is 0 Å². The molecule has 1 aliphatic rings. The Labute approximate surface area is 149 Å². The van der Waals surface area contributed by atoms with Crippen LogP contribution in [0, 0.1) is 5.92 Å². The molecule has 1 aliphatic heterocycles. The predicted octanol–water partition coefficient (Wildman–Crippen LogP) is 2.51. The summed E-state index contributed by atoms with van der Waals surface area (Å²) < 4.78 is 0.984. The van der Waals surface area contributed by atoms with E-state index in [1.807, 2.05) is 36.4 Å². The van der Waals surface area contributed by atoms with E-state index in [-0.39, 0.29) is 24.2 Å². The van der Waals surface area contributed by atoms with Gasteiger partial charge in [0, 0.05) is 42.9 Å². The highest BCUT2D eigenvalue weighted by molar-refractivity contribution is 9.10. The Morgan fingerprint density at radius 1 is 1.29 bits per heavy atom. The maximum absolute atomic E-state index is 12.3. The minimum absolute atomic E-state index is 0.0245. The van der Waals surface area contributed by atoms with Gasteiger partial charge in [-0.25, -0.2) is 0 Å². The van der Waals surface area contributed by atoms with Gasteiger partial charge in [-0.1, -0.05) is 34.1 Å². The molecule has 5 nitrogen and oxygen atoms in total. The lowest BCUT2D eigenvalue weighted by Crippen LogP contribution is -2.32. The van der Waals surface area contributed by atoms with Crippen LogP contribution in [0.15, 0.2) is 53.3 Å². The normalized spacial score (nSPS) is 17.1. The lowest BCUT2D eigenvalue weighted by atomic mass is 10.1. The zero-order valence-corrected chi connectivity index (χ0v) is 14.7. The van der Waals surface area contributed by atoms with E-state index >= 15 is 0 Å². The average molecular weight is 388 g/mol. The van der Waals surface area contributed by atoms with Crippen molar-refractivity contribution in [1.82, 2.24) is 15.2 Å². The highest BCUT2D eigenvalue weighted by Crippen LogP contribution is 2.21. The van der Waals surface area contributed by atoms with Gasteiger partial charge in [0.25, 0.3) is 0 Å². The number of halogens is 1. The molecule has 6 heteroatoms. The molecule has 0 radical (unpaired) electrons. The average Bonchev–Trinajstić information content (AvgIpc) is 2.94. The van der Waals surface area contributed by atoms with Crippen LogP contribution < -0.4 is 5.32 Å². The summed E-state index contributed by atoms with van der Waals surface area (Å²) in [5.41, 5.74) is 2.00. The van der Waals surface area contributed by atoms with Gasteiger partial charge in [-0.15, -0.1) is 0 Å². The monoisotopic (exact) mass is 387 g/mol. The van der Waals surface area contributed by atoms with Crippen LogP contribution in [-0.2, 0) is 22.7 Å². The lowest BCUT2D eigenvalue weighted by Gasteiger charge is -2.17. The van der Waals surface area contributed by atoms with Crippen molar-refractivity contribution in [3.63, 3.8) is 0 Å². The Balaban J connectivity index is 1.55. The fourth-order valence-electron chi connectivity index (χ4n) is 2.79. The van der Waals surface area contributed by atoms with E-state index < -0.39 is 0 Å². The van der Waals surface area contributed by atoms with Gasteiger partial charge in [-0.3, -0.25) is 14.6 Å². The molecule has 0 saturated carbocycles. The van der Waals surface area contributed by atoms with Gasteiger partial charge in [-0.05, 0) is 29.3 Å². The van der Waals surface area contributed by atoms with Crippen LogP contribution in [0.25, 0.3) is 0 Å². The summed E-state index contributed by atoms with van der Waals surface area (Å²) in [6.45, 7) is 1.43. The number of likely N-dealkylation sites (tertiary alicyclic amines) is 1. The number of rotatable bonds is 5. The van der Waals surface area contributed by atoms with Crippen molar-refractivity contribution in [2.75, 3.05) is 6.54 Å². The smallest absolute Gasteiger partial charge is 0.225 e. The van der Waals surface area contributed by atoms with Crippen LogP contribution in [0.3, 0.4) is 0 Å². The largest absolute Gasteiger partial charge is 0.352 e. The number of nitrogens with zero attached hydrogens (tertiary/aromatic N) is 2. The first-order chi connectivity index (χ1) is 11.6. The summed E-state index contributed by atoms with van der Waals surface area (Å²) in [7, 11) is 0. The van der Waals surface area contributed by atoms with Crippen LogP contribution in [0.2, 0.25) is 0 Å². The van der Waals surface area contributed by atoms with Crippen molar-refractivity contribution >= 4 is 27.7 Å². The maximum atomic E-state index is 12.3. The number of amides is 2. The van der Waals surface area contributed by atoms with Crippen molar-refractivity contribution < 1.29 is 9.59 Å². The number of carbonyl (C=O) groups is 2.